The van der Waals surface area contributed by atoms with Crippen LogP contribution in [0.3, 0.4) is 0 Å². The summed E-state index contributed by atoms with van der Waals surface area (Å²) in [6, 6.07) is 17.0. The van der Waals surface area contributed by atoms with Crippen LogP contribution in [0, 0.1) is 0 Å². The monoisotopic (exact) mass is 329 g/mol. The second kappa shape index (κ2) is 8.37. The molecule has 0 spiro atoms. The number of halogens is 1. The Bertz CT molecular complexity index is 608. The molecule has 0 amide bonds. The van der Waals surface area contributed by atoms with Crippen LogP contribution >= 0.6 is 11.6 Å². The van der Waals surface area contributed by atoms with Crippen molar-refractivity contribution in [3.63, 3.8) is 0 Å². The van der Waals surface area contributed by atoms with Crippen LogP contribution in [-0.4, -0.2) is 19.2 Å². The zero-order chi connectivity index (χ0) is 15.9. The summed E-state index contributed by atoms with van der Waals surface area (Å²) in [6.45, 7) is 1.89. The molecule has 2 nitrogen and oxygen atoms in total. The number of rotatable bonds is 6. The average molecular weight is 330 g/mol. The van der Waals surface area contributed by atoms with Gasteiger partial charge >= 0.3 is 0 Å². The lowest BCUT2D eigenvalue weighted by Gasteiger charge is -2.23. The van der Waals surface area contributed by atoms with E-state index in [9.17, 15) is 0 Å². The lowest BCUT2D eigenvalue weighted by atomic mass is 10.0. The van der Waals surface area contributed by atoms with Crippen LogP contribution in [0.2, 0.25) is 5.02 Å². The third-order valence-corrected chi connectivity index (χ3v) is 4.63. The summed E-state index contributed by atoms with van der Waals surface area (Å²) in [5.74, 6) is 0.953. The van der Waals surface area contributed by atoms with Crippen molar-refractivity contribution in [1.82, 2.24) is 5.32 Å². The smallest absolute Gasteiger partial charge is 0.122 e. The first-order valence-electron chi connectivity index (χ1n) is 8.50. The molecule has 0 saturated carbocycles. The highest BCUT2D eigenvalue weighted by atomic mass is 35.5. The number of piperidine rings is 1. The summed E-state index contributed by atoms with van der Waals surface area (Å²) in [6.07, 6.45) is 5.81. The van der Waals surface area contributed by atoms with Gasteiger partial charge in [-0.3, -0.25) is 0 Å². The van der Waals surface area contributed by atoms with Crippen molar-refractivity contribution >= 4 is 11.6 Å². The maximum Gasteiger partial charge on any atom is 0.122 e. The number of nitrogens with one attached hydrogen (secondary N) is 1. The van der Waals surface area contributed by atoms with E-state index < -0.39 is 0 Å². The molecule has 1 fully saturated rings. The maximum absolute atomic E-state index is 6.17. The summed E-state index contributed by atoms with van der Waals surface area (Å²) < 4.78 is 6.07. The summed E-state index contributed by atoms with van der Waals surface area (Å²) in [7, 11) is 0. The van der Waals surface area contributed by atoms with Gasteiger partial charge in [-0.1, -0.05) is 48.4 Å². The van der Waals surface area contributed by atoms with Crippen molar-refractivity contribution in [1.29, 1.82) is 0 Å². The van der Waals surface area contributed by atoms with E-state index in [0.29, 0.717) is 6.04 Å². The highest BCUT2D eigenvalue weighted by molar-refractivity contribution is 6.30. The second-order valence-corrected chi connectivity index (χ2v) is 6.63. The molecule has 2 aromatic carbocycles. The molecule has 3 rings (SSSR count). The fraction of sp³-hybridized carbons (Fsp3) is 0.400. The highest BCUT2D eigenvalue weighted by Crippen LogP contribution is 2.26. The first-order chi connectivity index (χ1) is 11.3. The average Bonchev–Trinajstić information content (AvgIpc) is 2.59. The van der Waals surface area contributed by atoms with Gasteiger partial charge in [0, 0.05) is 17.5 Å². The van der Waals surface area contributed by atoms with Crippen LogP contribution in [-0.2, 0) is 6.42 Å². The molecule has 0 aromatic heterocycles. The summed E-state index contributed by atoms with van der Waals surface area (Å²) in [5.41, 5.74) is 2.42. The summed E-state index contributed by atoms with van der Waals surface area (Å²) in [4.78, 5) is 0. The SMILES string of the molecule is Clc1ccc(OCC[C@H]2CCCCN2)c(Cc2ccccc2)c1. The van der Waals surface area contributed by atoms with Crippen molar-refractivity contribution in [2.75, 3.05) is 13.2 Å². The molecule has 0 radical (unpaired) electrons. The van der Waals surface area contributed by atoms with Crippen molar-refractivity contribution in [2.45, 2.75) is 38.1 Å². The van der Waals surface area contributed by atoms with Gasteiger partial charge < -0.3 is 10.1 Å². The zero-order valence-corrected chi connectivity index (χ0v) is 14.2. The predicted molar refractivity (Wildman–Crippen MR) is 96.5 cm³/mol. The number of benzene rings is 2. The van der Waals surface area contributed by atoms with Gasteiger partial charge in [0.1, 0.15) is 5.75 Å². The van der Waals surface area contributed by atoms with E-state index in [1.54, 1.807) is 0 Å². The predicted octanol–water partition coefficient (Wildman–Crippen LogP) is 4.84. The van der Waals surface area contributed by atoms with Gasteiger partial charge in [-0.2, -0.15) is 0 Å². The number of hydrogen-bond acceptors (Lipinski definition) is 2. The molecule has 122 valence electrons. The molecule has 2 aromatic rings. The Morgan fingerprint density at radius 3 is 2.74 bits per heavy atom. The number of hydrogen-bond donors (Lipinski definition) is 1. The first kappa shape index (κ1) is 16.4. The molecule has 23 heavy (non-hydrogen) atoms. The zero-order valence-electron chi connectivity index (χ0n) is 13.4. The van der Waals surface area contributed by atoms with E-state index in [1.807, 2.05) is 24.3 Å². The molecule has 1 aliphatic rings. The Hall–Kier alpha value is -1.51. The molecule has 3 heteroatoms. The van der Waals surface area contributed by atoms with Gasteiger partial charge in [0.15, 0.2) is 0 Å². The van der Waals surface area contributed by atoms with Gasteiger partial charge in [0.25, 0.3) is 0 Å². The fourth-order valence-corrected chi connectivity index (χ4v) is 3.32. The van der Waals surface area contributed by atoms with Crippen molar-refractivity contribution in [3.05, 3.63) is 64.7 Å². The third kappa shape index (κ3) is 4.98. The number of ether oxygens (including phenoxy) is 1. The van der Waals surface area contributed by atoms with E-state index in [4.69, 9.17) is 16.3 Å². The minimum atomic E-state index is 0.605. The molecule has 0 bridgehead atoms. The second-order valence-electron chi connectivity index (χ2n) is 6.20. The first-order valence-corrected chi connectivity index (χ1v) is 8.87. The van der Waals surface area contributed by atoms with E-state index in [-0.39, 0.29) is 0 Å². The Kier molecular flexibility index (Phi) is 5.95. The third-order valence-electron chi connectivity index (χ3n) is 4.40. The molecule has 1 N–H and O–H groups in total. The van der Waals surface area contributed by atoms with Crippen LogP contribution in [0.25, 0.3) is 0 Å². The molecular formula is C20H24ClNO. The Morgan fingerprint density at radius 1 is 1.09 bits per heavy atom. The van der Waals surface area contributed by atoms with Gasteiger partial charge in [0.2, 0.25) is 0 Å². The van der Waals surface area contributed by atoms with E-state index in [2.05, 4.69) is 29.6 Å². The normalized spacial score (nSPS) is 17.9. The van der Waals surface area contributed by atoms with Gasteiger partial charge in [-0.15, -0.1) is 0 Å². The lowest BCUT2D eigenvalue weighted by Crippen LogP contribution is -2.35. The van der Waals surface area contributed by atoms with E-state index in [0.717, 1.165) is 42.3 Å². The van der Waals surface area contributed by atoms with Crippen LogP contribution in [0.4, 0.5) is 0 Å². The standard InChI is InChI=1S/C20H24ClNO/c21-18-9-10-20(23-13-11-19-8-4-5-12-22-19)17(15-18)14-16-6-2-1-3-7-16/h1-3,6-7,9-10,15,19,22H,4-5,8,11-14H2/t19-/m1/s1. The maximum atomic E-state index is 6.17. The largest absolute Gasteiger partial charge is 0.493 e. The highest BCUT2D eigenvalue weighted by Gasteiger charge is 2.13. The van der Waals surface area contributed by atoms with Crippen molar-refractivity contribution in [3.8, 4) is 5.75 Å². The van der Waals surface area contributed by atoms with E-state index >= 15 is 0 Å². The topological polar surface area (TPSA) is 21.3 Å². The van der Waals surface area contributed by atoms with Crippen LogP contribution in [0.5, 0.6) is 5.75 Å². The fourth-order valence-electron chi connectivity index (χ4n) is 3.12. The minimum Gasteiger partial charge on any atom is -0.493 e. The van der Waals surface area contributed by atoms with Crippen molar-refractivity contribution in [2.24, 2.45) is 0 Å². The van der Waals surface area contributed by atoms with Crippen LogP contribution in [0.15, 0.2) is 48.5 Å². The summed E-state index contributed by atoms with van der Waals surface area (Å²) >= 11 is 6.17. The van der Waals surface area contributed by atoms with Gasteiger partial charge in [0.05, 0.1) is 6.61 Å². The van der Waals surface area contributed by atoms with Crippen LogP contribution in [0.1, 0.15) is 36.8 Å². The Morgan fingerprint density at radius 2 is 1.96 bits per heavy atom. The van der Waals surface area contributed by atoms with Crippen molar-refractivity contribution < 1.29 is 4.74 Å². The van der Waals surface area contributed by atoms with Crippen LogP contribution < -0.4 is 10.1 Å². The molecule has 1 saturated heterocycles. The molecule has 1 atom stereocenters. The van der Waals surface area contributed by atoms with E-state index in [1.165, 1.54) is 24.8 Å². The quantitative estimate of drug-likeness (QED) is 0.818. The summed E-state index contributed by atoms with van der Waals surface area (Å²) in [5, 5.41) is 4.33. The minimum absolute atomic E-state index is 0.605. The molecule has 1 aliphatic heterocycles. The lowest BCUT2D eigenvalue weighted by molar-refractivity contribution is 0.266. The van der Waals surface area contributed by atoms with Gasteiger partial charge in [-0.05, 0) is 55.1 Å². The Labute approximate surface area is 143 Å². The molecular weight excluding hydrogens is 306 g/mol. The Balaban J connectivity index is 1.61. The molecule has 0 aliphatic carbocycles. The molecule has 0 unspecified atom stereocenters. The van der Waals surface area contributed by atoms with Gasteiger partial charge in [-0.25, -0.2) is 0 Å². The molecule has 1 heterocycles.